The van der Waals surface area contributed by atoms with Crippen LogP contribution in [0.3, 0.4) is 0 Å². The number of rotatable bonds is 3. The molecule has 3 nitrogen and oxygen atoms in total. The van der Waals surface area contributed by atoms with E-state index in [0.29, 0.717) is 25.1 Å². The van der Waals surface area contributed by atoms with Gasteiger partial charge >= 0.3 is 0 Å². The van der Waals surface area contributed by atoms with E-state index in [1.807, 2.05) is 24.3 Å². The molecule has 0 saturated carbocycles. The van der Waals surface area contributed by atoms with Crippen molar-refractivity contribution in [3.8, 4) is 0 Å². The summed E-state index contributed by atoms with van der Waals surface area (Å²) in [5, 5.41) is 12.2. The Morgan fingerprint density at radius 1 is 1.38 bits per heavy atom. The average Bonchev–Trinajstić information content (AvgIpc) is 2.36. The van der Waals surface area contributed by atoms with E-state index in [9.17, 15) is 4.39 Å². The van der Waals surface area contributed by atoms with Gasteiger partial charge in [-0.3, -0.25) is 4.39 Å². The fourth-order valence-electron chi connectivity index (χ4n) is 2.08. The number of halogens is 1. The molecular weight excluding hydrogens is 207 g/mol. The monoisotopic (exact) mass is 222 g/mol. The van der Waals surface area contributed by atoms with Gasteiger partial charge in [-0.1, -0.05) is 23.4 Å². The summed E-state index contributed by atoms with van der Waals surface area (Å²) in [5.74, 6) is 0. The van der Waals surface area contributed by atoms with Crippen LogP contribution in [0.1, 0.15) is 18.4 Å². The molecule has 4 heteroatoms. The summed E-state index contributed by atoms with van der Waals surface area (Å²) in [6, 6.07) is 7.79. The standard InChI is InChI=1S/C12H15FN2O/c13-7-3-8-15-9-6-11(14-16)10-4-1-2-5-12(10)15/h1-2,4-5,16H,3,6-9H2/b14-11-. The van der Waals surface area contributed by atoms with E-state index in [-0.39, 0.29) is 6.67 Å². The Hall–Kier alpha value is -1.58. The van der Waals surface area contributed by atoms with Crippen LogP contribution < -0.4 is 4.90 Å². The summed E-state index contributed by atoms with van der Waals surface area (Å²) < 4.78 is 12.2. The fraction of sp³-hybridized carbons (Fsp3) is 0.417. The van der Waals surface area contributed by atoms with Crippen molar-refractivity contribution >= 4 is 11.4 Å². The molecule has 0 aliphatic carbocycles. The van der Waals surface area contributed by atoms with Gasteiger partial charge in [-0.15, -0.1) is 0 Å². The largest absolute Gasteiger partial charge is 0.411 e. The molecule has 1 aliphatic heterocycles. The highest BCUT2D eigenvalue weighted by Gasteiger charge is 2.20. The zero-order chi connectivity index (χ0) is 11.4. The molecule has 0 bridgehead atoms. The first kappa shape index (κ1) is 10.9. The maximum Gasteiger partial charge on any atom is 0.0911 e. The van der Waals surface area contributed by atoms with E-state index in [2.05, 4.69) is 10.1 Å². The van der Waals surface area contributed by atoms with Gasteiger partial charge in [0, 0.05) is 30.8 Å². The zero-order valence-corrected chi connectivity index (χ0v) is 9.06. The second-order valence-electron chi connectivity index (χ2n) is 3.84. The second kappa shape index (κ2) is 4.96. The summed E-state index contributed by atoms with van der Waals surface area (Å²) in [6.07, 6.45) is 1.25. The highest BCUT2D eigenvalue weighted by molar-refractivity contribution is 6.06. The molecule has 1 aromatic carbocycles. The lowest BCUT2D eigenvalue weighted by Crippen LogP contribution is -2.33. The van der Waals surface area contributed by atoms with E-state index in [1.165, 1.54) is 0 Å². The Bertz CT molecular complexity index is 392. The lowest BCUT2D eigenvalue weighted by molar-refractivity contribution is 0.317. The highest BCUT2D eigenvalue weighted by atomic mass is 19.1. The van der Waals surface area contributed by atoms with Crippen LogP contribution in [0, 0.1) is 0 Å². The van der Waals surface area contributed by atoms with Crippen LogP contribution in [-0.4, -0.2) is 30.7 Å². The Morgan fingerprint density at radius 2 is 2.19 bits per heavy atom. The smallest absolute Gasteiger partial charge is 0.0911 e. The van der Waals surface area contributed by atoms with Crippen LogP contribution in [0.25, 0.3) is 0 Å². The van der Waals surface area contributed by atoms with Crippen LogP contribution in [-0.2, 0) is 0 Å². The van der Waals surface area contributed by atoms with E-state index in [1.54, 1.807) is 0 Å². The summed E-state index contributed by atoms with van der Waals surface area (Å²) >= 11 is 0. The first-order valence-corrected chi connectivity index (χ1v) is 5.48. The average molecular weight is 222 g/mol. The molecule has 86 valence electrons. The van der Waals surface area contributed by atoms with Crippen LogP contribution in [0.4, 0.5) is 10.1 Å². The number of hydrogen-bond acceptors (Lipinski definition) is 3. The number of nitrogens with zero attached hydrogens (tertiary/aromatic N) is 2. The summed E-state index contributed by atoms with van der Waals surface area (Å²) in [7, 11) is 0. The van der Waals surface area contributed by atoms with Gasteiger partial charge in [0.15, 0.2) is 0 Å². The van der Waals surface area contributed by atoms with Gasteiger partial charge in [-0.2, -0.15) is 0 Å². The van der Waals surface area contributed by atoms with Crippen LogP contribution in [0.15, 0.2) is 29.4 Å². The van der Waals surface area contributed by atoms with Crippen LogP contribution in [0.2, 0.25) is 0 Å². The lowest BCUT2D eigenvalue weighted by Gasteiger charge is -2.31. The molecule has 16 heavy (non-hydrogen) atoms. The van der Waals surface area contributed by atoms with Gasteiger partial charge in [-0.25, -0.2) is 0 Å². The van der Waals surface area contributed by atoms with Gasteiger partial charge in [-0.05, 0) is 12.5 Å². The van der Waals surface area contributed by atoms with Gasteiger partial charge < -0.3 is 10.1 Å². The maximum absolute atomic E-state index is 12.2. The normalized spacial score (nSPS) is 17.6. The van der Waals surface area contributed by atoms with Crippen molar-refractivity contribution in [2.75, 3.05) is 24.7 Å². The molecule has 0 atom stereocenters. The van der Waals surface area contributed by atoms with E-state index in [0.717, 1.165) is 17.8 Å². The Balaban J connectivity index is 2.28. The molecule has 1 heterocycles. The number of alkyl halides is 1. The minimum absolute atomic E-state index is 0.292. The summed E-state index contributed by atoms with van der Waals surface area (Å²) in [4.78, 5) is 2.14. The van der Waals surface area contributed by atoms with Gasteiger partial charge in [0.05, 0.1) is 12.4 Å². The summed E-state index contributed by atoms with van der Waals surface area (Å²) in [6.45, 7) is 1.21. The minimum Gasteiger partial charge on any atom is -0.411 e. The van der Waals surface area contributed by atoms with Crippen molar-refractivity contribution in [1.29, 1.82) is 0 Å². The third-order valence-corrected chi connectivity index (χ3v) is 2.86. The molecular formula is C12H15FN2O. The SMILES string of the molecule is O/N=C1/CCN(CCCF)c2ccccc21. The lowest BCUT2D eigenvalue weighted by atomic mass is 9.99. The maximum atomic E-state index is 12.2. The molecule has 1 N–H and O–H groups in total. The van der Waals surface area contributed by atoms with Crippen LogP contribution in [0.5, 0.6) is 0 Å². The molecule has 1 aliphatic rings. The predicted molar refractivity (Wildman–Crippen MR) is 62.2 cm³/mol. The third-order valence-electron chi connectivity index (χ3n) is 2.86. The van der Waals surface area contributed by atoms with Gasteiger partial charge in [0.1, 0.15) is 0 Å². The Kier molecular flexibility index (Phi) is 3.39. The van der Waals surface area contributed by atoms with Crippen molar-refractivity contribution in [3.63, 3.8) is 0 Å². The molecule has 0 unspecified atom stereocenters. The van der Waals surface area contributed by atoms with E-state index < -0.39 is 0 Å². The third kappa shape index (κ3) is 2.01. The number of anilines is 1. The van der Waals surface area contributed by atoms with Crippen molar-refractivity contribution in [3.05, 3.63) is 29.8 Å². The molecule has 0 fully saturated rings. The van der Waals surface area contributed by atoms with Crippen LogP contribution >= 0.6 is 0 Å². The Labute approximate surface area is 94.2 Å². The van der Waals surface area contributed by atoms with Crippen molar-refractivity contribution in [2.45, 2.75) is 12.8 Å². The van der Waals surface area contributed by atoms with E-state index in [4.69, 9.17) is 5.21 Å². The minimum atomic E-state index is -0.292. The number of para-hydroxylation sites is 1. The number of fused-ring (bicyclic) bond motifs is 1. The number of benzene rings is 1. The van der Waals surface area contributed by atoms with Crippen molar-refractivity contribution in [2.24, 2.45) is 5.16 Å². The first-order valence-electron chi connectivity index (χ1n) is 5.48. The van der Waals surface area contributed by atoms with Crippen molar-refractivity contribution < 1.29 is 9.60 Å². The second-order valence-corrected chi connectivity index (χ2v) is 3.84. The van der Waals surface area contributed by atoms with E-state index >= 15 is 0 Å². The molecule has 0 aromatic heterocycles. The molecule has 1 aromatic rings. The number of hydrogen-bond donors (Lipinski definition) is 1. The Morgan fingerprint density at radius 3 is 2.94 bits per heavy atom. The highest BCUT2D eigenvalue weighted by Crippen LogP contribution is 2.27. The first-order chi connectivity index (χ1) is 7.86. The molecule has 0 saturated heterocycles. The topological polar surface area (TPSA) is 35.8 Å². The predicted octanol–water partition coefficient (Wildman–Crippen LogP) is 2.43. The molecule has 0 radical (unpaired) electrons. The molecule has 2 rings (SSSR count). The quantitative estimate of drug-likeness (QED) is 0.629. The zero-order valence-electron chi connectivity index (χ0n) is 9.06. The molecule has 0 amide bonds. The molecule has 0 spiro atoms. The van der Waals surface area contributed by atoms with Gasteiger partial charge in [0.25, 0.3) is 0 Å². The van der Waals surface area contributed by atoms with Crippen molar-refractivity contribution in [1.82, 2.24) is 0 Å². The fourth-order valence-corrected chi connectivity index (χ4v) is 2.08. The summed E-state index contributed by atoms with van der Waals surface area (Å²) in [5.41, 5.74) is 2.71. The van der Waals surface area contributed by atoms with Gasteiger partial charge in [0.2, 0.25) is 0 Å². The number of oxime groups is 1.